The van der Waals surface area contributed by atoms with Crippen LogP contribution in [0.1, 0.15) is 29.6 Å². The molecule has 2 rings (SSSR count). The molecule has 3 nitrogen and oxygen atoms in total. The predicted molar refractivity (Wildman–Crippen MR) is 73.2 cm³/mol. The van der Waals surface area contributed by atoms with E-state index in [0.29, 0.717) is 10.9 Å². The minimum absolute atomic E-state index is 0.0294. The van der Waals surface area contributed by atoms with Gasteiger partial charge in [-0.3, -0.25) is 4.79 Å². The number of nitrogens with two attached hydrogens (primary N) is 1. The van der Waals surface area contributed by atoms with E-state index in [-0.39, 0.29) is 17.5 Å². The molecule has 5 heteroatoms. The number of anilines is 1. The average molecular weight is 268 g/mol. The number of carbonyl (C=O) groups is 1. The van der Waals surface area contributed by atoms with E-state index in [1.807, 2.05) is 6.26 Å². The highest BCUT2D eigenvalue weighted by molar-refractivity contribution is 7.99. The number of hydrogen-bond donors (Lipinski definition) is 2. The van der Waals surface area contributed by atoms with Crippen molar-refractivity contribution in [2.45, 2.75) is 30.6 Å². The van der Waals surface area contributed by atoms with Crippen LogP contribution < -0.4 is 11.1 Å². The topological polar surface area (TPSA) is 55.1 Å². The molecule has 1 aromatic rings. The molecule has 1 fully saturated rings. The van der Waals surface area contributed by atoms with Gasteiger partial charge in [-0.15, -0.1) is 0 Å². The van der Waals surface area contributed by atoms with Gasteiger partial charge in [0.05, 0.1) is 5.56 Å². The fourth-order valence-corrected chi connectivity index (χ4v) is 3.27. The van der Waals surface area contributed by atoms with Crippen LogP contribution in [0.2, 0.25) is 0 Å². The van der Waals surface area contributed by atoms with E-state index in [1.165, 1.54) is 18.2 Å². The van der Waals surface area contributed by atoms with Gasteiger partial charge < -0.3 is 11.1 Å². The molecule has 1 saturated carbocycles. The molecule has 18 heavy (non-hydrogen) atoms. The fourth-order valence-electron chi connectivity index (χ4n) is 2.34. The molecule has 0 spiro atoms. The first kappa shape index (κ1) is 13.2. The molecule has 2 atom stereocenters. The molecule has 0 saturated heterocycles. The van der Waals surface area contributed by atoms with Crippen molar-refractivity contribution < 1.29 is 9.18 Å². The smallest absolute Gasteiger partial charge is 0.254 e. The molecular formula is C13H17FN2OS. The van der Waals surface area contributed by atoms with Crippen molar-refractivity contribution in [2.75, 3.05) is 12.0 Å². The molecule has 0 bridgehead atoms. The summed E-state index contributed by atoms with van der Waals surface area (Å²) in [6.07, 6.45) is 5.21. The maximum absolute atomic E-state index is 13.6. The summed E-state index contributed by atoms with van der Waals surface area (Å²) in [4.78, 5) is 12.0. The van der Waals surface area contributed by atoms with Crippen LogP contribution in [0.25, 0.3) is 0 Å². The van der Waals surface area contributed by atoms with Gasteiger partial charge in [0.1, 0.15) is 5.82 Å². The zero-order valence-corrected chi connectivity index (χ0v) is 11.1. The van der Waals surface area contributed by atoms with Gasteiger partial charge in [0.15, 0.2) is 0 Å². The maximum atomic E-state index is 13.6. The molecule has 1 amide bonds. The first-order chi connectivity index (χ1) is 8.61. The van der Waals surface area contributed by atoms with Gasteiger partial charge in [0.2, 0.25) is 0 Å². The molecule has 1 aliphatic rings. The van der Waals surface area contributed by atoms with Crippen LogP contribution >= 0.6 is 11.8 Å². The Bertz CT molecular complexity index is 453. The first-order valence-corrected chi connectivity index (χ1v) is 7.29. The van der Waals surface area contributed by atoms with Gasteiger partial charge in [-0.2, -0.15) is 11.8 Å². The van der Waals surface area contributed by atoms with E-state index in [0.717, 1.165) is 19.3 Å². The first-order valence-electron chi connectivity index (χ1n) is 6.00. The number of thioether (sulfide) groups is 1. The highest BCUT2D eigenvalue weighted by Crippen LogP contribution is 2.28. The minimum atomic E-state index is -0.527. The molecule has 0 aromatic heterocycles. The van der Waals surface area contributed by atoms with E-state index < -0.39 is 5.82 Å². The van der Waals surface area contributed by atoms with Crippen molar-refractivity contribution in [2.24, 2.45) is 0 Å². The van der Waals surface area contributed by atoms with Crippen molar-refractivity contribution in [3.63, 3.8) is 0 Å². The quantitative estimate of drug-likeness (QED) is 0.828. The molecule has 0 radical (unpaired) electrons. The third kappa shape index (κ3) is 2.77. The van der Waals surface area contributed by atoms with Crippen molar-refractivity contribution >= 4 is 23.4 Å². The largest absolute Gasteiger partial charge is 0.399 e. The molecule has 3 N–H and O–H groups in total. The third-order valence-corrected chi connectivity index (χ3v) is 4.48. The zero-order chi connectivity index (χ0) is 13.1. The second kappa shape index (κ2) is 5.61. The number of carbonyl (C=O) groups excluding carboxylic acids is 1. The Balaban J connectivity index is 2.09. The normalized spacial score (nSPS) is 23.0. The Labute approximate surface area is 110 Å². The summed E-state index contributed by atoms with van der Waals surface area (Å²) in [5.74, 6) is -0.897. The standard InChI is InChI=1S/C13H17FN2OS/c1-18-12-4-2-3-11(12)16-13(17)9-7-8(15)5-6-10(9)14/h5-7,11-12H,2-4,15H2,1H3,(H,16,17). The summed E-state index contributed by atoms with van der Waals surface area (Å²) in [6.45, 7) is 0. The minimum Gasteiger partial charge on any atom is -0.399 e. The van der Waals surface area contributed by atoms with Gasteiger partial charge in [-0.25, -0.2) is 4.39 Å². The summed E-state index contributed by atoms with van der Waals surface area (Å²) in [5, 5.41) is 3.34. The van der Waals surface area contributed by atoms with Crippen molar-refractivity contribution in [1.29, 1.82) is 0 Å². The number of nitrogen functional groups attached to an aromatic ring is 1. The fraction of sp³-hybridized carbons (Fsp3) is 0.462. The second-order valence-electron chi connectivity index (χ2n) is 4.52. The summed E-state index contributed by atoms with van der Waals surface area (Å²) < 4.78 is 13.6. The highest BCUT2D eigenvalue weighted by Gasteiger charge is 2.28. The van der Waals surface area contributed by atoms with Gasteiger partial charge in [-0.05, 0) is 37.3 Å². The number of hydrogen-bond acceptors (Lipinski definition) is 3. The summed E-state index contributed by atoms with van der Waals surface area (Å²) in [5.41, 5.74) is 6.00. The molecule has 1 aliphatic carbocycles. The van der Waals surface area contributed by atoms with Crippen molar-refractivity contribution in [3.8, 4) is 0 Å². The Kier molecular flexibility index (Phi) is 4.11. The van der Waals surface area contributed by atoms with E-state index in [4.69, 9.17) is 5.73 Å². The summed E-state index contributed by atoms with van der Waals surface area (Å²) in [7, 11) is 0. The Morgan fingerprint density at radius 3 is 3.00 bits per heavy atom. The van der Waals surface area contributed by atoms with Crippen LogP contribution in [-0.4, -0.2) is 23.5 Å². The SMILES string of the molecule is CSC1CCCC1NC(=O)c1cc(N)ccc1F. The lowest BCUT2D eigenvalue weighted by molar-refractivity contribution is 0.0934. The summed E-state index contributed by atoms with van der Waals surface area (Å²) in [6, 6.07) is 4.19. The van der Waals surface area contributed by atoms with Crippen LogP contribution in [0.5, 0.6) is 0 Å². The number of nitrogens with one attached hydrogen (secondary N) is 1. The Morgan fingerprint density at radius 1 is 1.50 bits per heavy atom. The predicted octanol–water partition coefficient (Wildman–Crippen LogP) is 2.42. The van der Waals surface area contributed by atoms with E-state index >= 15 is 0 Å². The highest BCUT2D eigenvalue weighted by atomic mass is 32.2. The molecule has 98 valence electrons. The summed E-state index contributed by atoms with van der Waals surface area (Å²) >= 11 is 1.75. The molecular weight excluding hydrogens is 251 g/mol. The van der Waals surface area contributed by atoms with Crippen LogP contribution in [-0.2, 0) is 0 Å². The lowest BCUT2D eigenvalue weighted by Crippen LogP contribution is -2.39. The average Bonchev–Trinajstić information content (AvgIpc) is 2.79. The lowest BCUT2D eigenvalue weighted by Gasteiger charge is -2.19. The van der Waals surface area contributed by atoms with Crippen molar-refractivity contribution in [1.82, 2.24) is 5.32 Å². The number of rotatable bonds is 3. The van der Waals surface area contributed by atoms with E-state index in [9.17, 15) is 9.18 Å². The Hall–Kier alpha value is -1.23. The van der Waals surface area contributed by atoms with Crippen LogP contribution in [0.15, 0.2) is 18.2 Å². The van der Waals surface area contributed by atoms with Gasteiger partial charge in [0, 0.05) is 17.0 Å². The van der Waals surface area contributed by atoms with E-state index in [2.05, 4.69) is 5.32 Å². The molecule has 0 aliphatic heterocycles. The molecule has 1 aromatic carbocycles. The Morgan fingerprint density at radius 2 is 2.28 bits per heavy atom. The van der Waals surface area contributed by atoms with Gasteiger partial charge in [0.25, 0.3) is 5.91 Å². The third-order valence-electron chi connectivity index (χ3n) is 3.31. The van der Waals surface area contributed by atoms with Crippen LogP contribution in [0, 0.1) is 5.82 Å². The van der Waals surface area contributed by atoms with Crippen LogP contribution in [0.3, 0.4) is 0 Å². The monoisotopic (exact) mass is 268 g/mol. The molecule has 2 unspecified atom stereocenters. The second-order valence-corrected chi connectivity index (χ2v) is 5.60. The number of halogens is 1. The maximum Gasteiger partial charge on any atom is 0.254 e. The van der Waals surface area contributed by atoms with Gasteiger partial charge in [-0.1, -0.05) is 6.42 Å². The lowest BCUT2D eigenvalue weighted by atomic mass is 10.1. The van der Waals surface area contributed by atoms with Crippen molar-refractivity contribution in [3.05, 3.63) is 29.6 Å². The zero-order valence-electron chi connectivity index (χ0n) is 10.3. The number of benzene rings is 1. The van der Waals surface area contributed by atoms with Gasteiger partial charge >= 0.3 is 0 Å². The molecule has 0 heterocycles. The van der Waals surface area contributed by atoms with Crippen LogP contribution in [0.4, 0.5) is 10.1 Å². The van der Waals surface area contributed by atoms with E-state index in [1.54, 1.807) is 11.8 Å². The number of amides is 1.